The second kappa shape index (κ2) is 9.56. The number of carboxylic acids is 1. The Hall–Kier alpha value is -3.23. The van der Waals surface area contributed by atoms with Gasteiger partial charge in [-0.05, 0) is 66.9 Å². The summed E-state index contributed by atoms with van der Waals surface area (Å²) in [7, 11) is -2.39. The molecule has 0 aliphatic carbocycles. The summed E-state index contributed by atoms with van der Waals surface area (Å²) < 4.78 is 40.2. The largest absolute Gasteiger partial charge is 0.496 e. The maximum Gasteiger partial charge on any atom is 0.303 e. The summed E-state index contributed by atoms with van der Waals surface area (Å²) in [6, 6.07) is 17.1. The van der Waals surface area contributed by atoms with Gasteiger partial charge >= 0.3 is 5.97 Å². The van der Waals surface area contributed by atoms with Crippen molar-refractivity contribution in [3.63, 3.8) is 0 Å². The molecule has 4 rings (SSSR count). The van der Waals surface area contributed by atoms with E-state index < -0.39 is 22.1 Å². The second-order valence-corrected chi connectivity index (χ2v) is 10.4. The summed E-state index contributed by atoms with van der Waals surface area (Å²) in [5, 5.41) is 9.61. The summed E-state index contributed by atoms with van der Waals surface area (Å²) in [5.74, 6) is -0.0120. The third kappa shape index (κ3) is 4.83. The number of sulfonamides is 1. The monoisotopic (exact) mass is 501 g/mol. The first-order chi connectivity index (χ1) is 16.2. The van der Waals surface area contributed by atoms with Gasteiger partial charge in [0, 0.05) is 17.0 Å². The third-order valence-electron chi connectivity index (χ3n) is 5.62. The van der Waals surface area contributed by atoms with Crippen LogP contribution in [0.2, 0.25) is 5.02 Å². The molecular weight excluding hydrogens is 478 g/mol. The molecule has 3 aromatic rings. The Morgan fingerprint density at radius 1 is 1.18 bits per heavy atom. The normalized spacial score (nSPS) is 15.4. The maximum atomic E-state index is 13.7. The highest BCUT2D eigenvalue weighted by molar-refractivity contribution is 7.92. The van der Waals surface area contributed by atoms with E-state index in [0.717, 1.165) is 5.56 Å². The molecule has 1 aliphatic heterocycles. The summed E-state index contributed by atoms with van der Waals surface area (Å²) >= 11 is 6.21. The van der Waals surface area contributed by atoms with Gasteiger partial charge in [0.25, 0.3) is 10.0 Å². The summed E-state index contributed by atoms with van der Waals surface area (Å²) in [4.78, 5) is 11.3. The number of hydrogen-bond acceptors (Lipinski definition) is 5. The van der Waals surface area contributed by atoms with E-state index in [0.29, 0.717) is 33.3 Å². The van der Waals surface area contributed by atoms with E-state index in [9.17, 15) is 13.2 Å². The Morgan fingerprint density at radius 3 is 2.68 bits per heavy atom. The zero-order valence-electron chi connectivity index (χ0n) is 18.7. The Labute approximate surface area is 203 Å². The molecule has 0 saturated heterocycles. The molecule has 0 unspecified atom stereocenters. The molecule has 1 atom stereocenters. The van der Waals surface area contributed by atoms with Crippen molar-refractivity contribution >= 4 is 33.3 Å². The number of halogens is 1. The van der Waals surface area contributed by atoms with E-state index in [1.54, 1.807) is 61.7 Å². The van der Waals surface area contributed by atoms with Crippen molar-refractivity contribution < 1.29 is 27.8 Å². The summed E-state index contributed by atoms with van der Waals surface area (Å²) in [5.41, 5.74) is 2.59. The Morgan fingerprint density at radius 2 is 1.97 bits per heavy atom. The zero-order chi connectivity index (χ0) is 24.5. The molecule has 0 saturated carbocycles. The van der Waals surface area contributed by atoms with Crippen molar-refractivity contribution in [2.75, 3.05) is 18.0 Å². The van der Waals surface area contributed by atoms with Gasteiger partial charge < -0.3 is 14.6 Å². The van der Waals surface area contributed by atoms with Crippen molar-refractivity contribution in [3.8, 4) is 22.6 Å². The molecule has 178 valence electrons. The molecule has 9 heteroatoms. The van der Waals surface area contributed by atoms with Gasteiger partial charge in [-0.3, -0.25) is 9.10 Å². The molecule has 34 heavy (non-hydrogen) atoms. The van der Waals surface area contributed by atoms with Crippen LogP contribution in [-0.4, -0.2) is 39.3 Å². The van der Waals surface area contributed by atoms with Gasteiger partial charge in [0.15, 0.2) is 0 Å². The molecule has 1 aliphatic rings. The van der Waals surface area contributed by atoms with Gasteiger partial charge in [-0.1, -0.05) is 29.8 Å². The number of anilines is 1. The third-order valence-corrected chi connectivity index (χ3v) is 7.63. The fraction of sp³-hybridized carbons (Fsp3) is 0.240. The van der Waals surface area contributed by atoms with Crippen molar-refractivity contribution in [2.45, 2.75) is 30.8 Å². The molecule has 7 nitrogen and oxygen atoms in total. The number of carboxylic acid groups (broad SMARTS) is 1. The number of nitrogens with zero attached hydrogens (tertiary/aromatic N) is 1. The SMILES string of the molecule is COc1ccc(Cl)cc1-c1ccc2c(c1)N(S(=O)(=O)c1cccc(C)c1)C[C@H](CCC(=O)O)O2. The lowest BCUT2D eigenvalue weighted by molar-refractivity contribution is -0.137. The van der Waals surface area contributed by atoms with Crippen LogP contribution in [0.3, 0.4) is 0 Å². The topological polar surface area (TPSA) is 93.1 Å². The highest BCUT2D eigenvalue weighted by Gasteiger charge is 2.35. The number of fused-ring (bicyclic) bond motifs is 1. The van der Waals surface area contributed by atoms with Gasteiger partial charge in [-0.15, -0.1) is 0 Å². The van der Waals surface area contributed by atoms with Crippen LogP contribution in [0.4, 0.5) is 5.69 Å². The molecule has 3 aromatic carbocycles. The number of hydrogen-bond donors (Lipinski definition) is 1. The number of methoxy groups -OCH3 is 1. The van der Waals surface area contributed by atoms with E-state index in [4.69, 9.17) is 26.2 Å². The minimum Gasteiger partial charge on any atom is -0.496 e. The predicted octanol–water partition coefficient (Wildman–Crippen LogP) is 5.15. The number of aryl methyl sites for hydroxylation is 1. The van der Waals surface area contributed by atoms with E-state index >= 15 is 0 Å². The quantitative estimate of drug-likeness (QED) is 0.481. The fourth-order valence-electron chi connectivity index (χ4n) is 3.95. The molecule has 1 heterocycles. The smallest absolute Gasteiger partial charge is 0.303 e. The minimum absolute atomic E-state index is 0.00725. The van der Waals surface area contributed by atoms with E-state index in [1.165, 1.54) is 4.31 Å². The van der Waals surface area contributed by atoms with Crippen LogP contribution < -0.4 is 13.8 Å². The fourth-order valence-corrected chi connectivity index (χ4v) is 5.73. The molecular formula is C25H24ClNO6S. The highest BCUT2D eigenvalue weighted by Crippen LogP contribution is 2.42. The zero-order valence-corrected chi connectivity index (χ0v) is 20.3. The summed E-state index contributed by atoms with van der Waals surface area (Å²) in [6.07, 6.45) is -0.552. The van der Waals surface area contributed by atoms with Crippen LogP contribution >= 0.6 is 11.6 Å². The molecule has 0 spiro atoms. The lowest BCUT2D eigenvalue weighted by atomic mass is 10.0. The first kappa shape index (κ1) is 23.9. The summed E-state index contributed by atoms with van der Waals surface area (Å²) in [6.45, 7) is 1.82. The van der Waals surface area contributed by atoms with Crippen molar-refractivity contribution in [2.24, 2.45) is 0 Å². The number of aliphatic carboxylic acids is 1. The molecule has 0 aromatic heterocycles. The Balaban J connectivity index is 1.83. The lowest BCUT2D eigenvalue weighted by Crippen LogP contribution is -2.43. The number of rotatable bonds is 7. The first-order valence-electron chi connectivity index (χ1n) is 10.6. The van der Waals surface area contributed by atoms with Gasteiger partial charge in [0.05, 0.1) is 24.2 Å². The van der Waals surface area contributed by atoms with Gasteiger partial charge in [0.1, 0.15) is 17.6 Å². The van der Waals surface area contributed by atoms with Gasteiger partial charge in [-0.2, -0.15) is 0 Å². The Bertz CT molecular complexity index is 1340. The number of carbonyl (C=O) groups is 1. The van der Waals surface area contributed by atoms with Crippen LogP contribution in [0.25, 0.3) is 11.1 Å². The van der Waals surface area contributed by atoms with Crippen LogP contribution in [0, 0.1) is 6.92 Å². The van der Waals surface area contributed by atoms with Crippen molar-refractivity contribution in [1.29, 1.82) is 0 Å². The molecule has 0 amide bonds. The van der Waals surface area contributed by atoms with Crippen LogP contribution in [0.1, 0.15) is 18.4 Å². The standard InChI is InChI=1S/C25H24ClNO6S/c1-16-4-3-5-20(12-16)34(30,31)27-15-19(8-11-25(28)29)33-24-9-6-17(13-22(24)27)21-14-18(26)7-10-23(21)32-2/h3-7,9-10,12-14,19H,8,11,15H2,1-2H3,(H,28,29)/t19-/m0/s1. The molecule has 0 fully saturated rings. The maximum absolute atomic E-state index is 13.7. The van der Waals surface area contributed by atoms with E-state index in [-0.39, 0.29) is 24.3 Å². The highest BCUT2D eigenvalue weighted by atomic mass is 35.5. The first-order valence-corrected chi connectivity index (χ1v) is 12.5. The van der Waals surface area contributed by atoms with Crippen LogP contribution in [-0.2, 0) is 14.8 Å². The van der Waals surface area contributed by atoms with E-state index in [2.05, 4.69) is 0 Å². The average Bonchev–Trinajstić information content (AvgIpc) is 2.81. The number of benzene rings is 3. The number of ether oxygens (including phenoxy) is 2. The average molecular weight is 502 g/mol. The Kier molecular flexibility index (Phi) is 6.72. The van der Waals surface area contributed by atoms with Crippen LogP contribution in [0.5, 0.6) is 11.5 Å². The van der Waals surface area contributed by atoms with Gasteiger partial charge in [0.2, 0.25) is 0 Å². The predicted molar refractivity (Wildman–Crippen MR) is 130 cm³/mol. The molecule has 0 bridgehead atoms. The lowest BCUT2D eigenvalue weighted by Gasteiger charge is -2.36. The van der Waals surface area contributed by atoms with E-state index in [1.807, 2.05) is 13.0 Å². The molecule has 1 N–H and O–H groups in total. The van der Waals surface area contributed by atoms with Crippen molar-refractivity contribution in [3.05, 3.63) is 71.2 Å². The van der Waals surface area contributed by atoms with Crippen molar-refractivity contribution in [1.82, 2.24) is 0 Å². The van der Waals surface area contributed by atoms with Gasteiger partial charge in [-0.25, -0.2) is 8.42 Å². The second-order valence-electron chi connectivity index (χ2n) is 8.05. The molecule has 0 radical (unpaired) electrons. The van der Waals surface area contributed by atoms with Crippen LogP contribution in [0.15, 0.2) is 65.6 Å². The minimum atomic E-state index is -3.94.